The van der Waals surface area contributed by atoms with Crippen molar-refractivity contribution < 1.29 is 9.59 Å². The molecule has 0 aliphatic carbocycles. The second-order valence-electron chi connectivity index (χ2n) is 8.35. The van der Waals surface area contributed by atoms with Crippen LogP contribution < -0.4 is 16.0 Å². The molecule has 0 atom stereocenters. The Kier molecular flexibility index (Phi) is 6.82. The molecule has 3 N–H and O–H groups in total. The highest BCUT2D eigenvalue weighted by molar-refractivity contribution is 7.17. The number of urea groups is 1. The fourth-order valence-electron chi connectivity index (χ4n) is 2.90. The molecule has 0 aliphatic rings. The summed E-state index contributed by atoms with van der Waals surface area (Å²) in [6, 6.07) is 3.77. The zero-order valence-corrected chi connectivity index (χ0v) is 18.6. The van der Waals surface area contributed by atoms with Crippen LogP contribution in [0.15, 0.2) is 12.1 Å². The van der Waals surface area contributed by atoms with Gasteiger partial charge in [0.2, 0.25) is 0 Å². The highest BCUT2D eigenvalue weighted by Gasteiger charge is 2.18. The van der Waals surface area contributed by atoms with Gasteiger partial charge >= 0.3 is 6.03 Å². The maximum atomic E-state index is 12.7. The van der Waals surface area contributed by atoms with Crippen molar-refractivity contribution in [1.82, 2.24) is 10.3 Å². The van der Waals surface area contributed by atoms with Gasteiger partial charge in [-0.05, 0) is 50.7 Å². The van der Waals surface area contributed by atoms with Gasteiger partial charge < -0.3 is 10.6 Å². The van der Waals surface area contributed by atoms with Crippen LogP contribution in [0.25, 0.3) is 0 Å². The Labute approximate surface area is 171 Å². The van der Waals surface area contributed by atoms with E-state index < -0.39 is 0 Å². The van der Waals surface area contributed by atoms with E-state index in [0.29, 0.717) is 22.2 Å². The molecular weight excluding hydrogens is 372 g/mol. The molecule has 0 spiro atoms. The molecule has 0 aliphatic heterocycles. The quantitative estimate of drug-likeness (QED) is 0.644. The van der Waals surface area contributed by atoms with Crippen molar-refractivity contribution in [3.63, 3.8) is 0 Å². The summed E-state index contributed by atoms with van der Waals surface area (Å²) in [6.07, 6.45) is 0.875. The molecule has 0 bridgehead atoms. The lowest BCUT2D eigenvalue weighted by Gasteiger charge is -2.17. The number of aryl methyl sites for hydroxylation is 4. The Hall–Kier alpha value is -2.41. The lowest BCUT2D eigenvalue weighted by molar-refractivity contribution is 0.102. The number of carbonyl (C=O) groups excluding carboxylic acids is 2. The number of carbonyl (C=O) groups is 2. The maximum Gasteiger partial charge on any atom is 0.321 e. The van der Waals surface area contributed by atoms with Gasteiger partial charge in [-0.2, -0.15) is 0 Å². The molecular formula is C21H30N4O2S. The number of benzene rings is 1. The number of hydrogen-bond acceptors (Lipinski definition) is 4. The number of rotatable bonds is 5. The topological polar surface area (TPSA) is 83.1 Å². The molecule has 28 heavy (non-hydrogen) atoms. The number of amides is 3. The van der Waals surface area contributed by atoms with Gasteiger partial charge in [-0.1, -0.05) is 49.8 Å². The van der Waals surface area contributed by atoms with Crippen LogP contribution in [0.5, 0.6) is 0 Å². The molecule has 0 saturated heterocycles. The van der Waals surface area contributed by atoms with Gasteiger partial charge in [-0.3, -0.25) is 10.1 Å². The van der Waals surface area contributed by atoms with E-state index >= 15 is 0 Å². The van der Waals surface area contributed by atoms with Crippen LogP contribution in [0.4, 0.5) is 15.6 Å². The molecule has 1 aromatic heterocycles. The molecule has 0 unspecified atom stereocenters. The molecule has 7 heteroatoms. The van der Waals surface area contributed by atoms with E-state index in [1.165, 1.54) is 11.3 Å². The van der Waals surface area contributed by atoms with Crippen LogP contribution in [-0.4, -0.2) is 23.5 Å². The van der Waals surface area contributed by atoms with Crippen molar-refractivity contribution in [3.05, 3.63) is 39.4 Å². The van der Waals surface area contributed by atoms with Gasteiger partial charge in [0.1, 0.15) is 4.88 Å². The van der Waals surface area contributed by atoms with E-state index in [9.17, 15) is 9.59 Å². The number of nitrogens with zero attached hydrogens (tertiary/aromatic N) is 1. The molecule has 2 rings (SSSR count). The summed E-state index contributed by atoms with van der Waals surface area (Å²) in [5.41, 5.74) is 4.76. The summed E-state index contributed by atoms with van der Waals surface area (Å²) in [5, 5.41) is 8.93. The van der Waals surface area contributed by atoms with Gasteiger partial charge in [0.05, 0.1) is 5.69 Å². The Morgan fingerprint density at radius 1 is 1.04 bits per heavy atom. The minimum absolute atomic E-state index is 0.155. The number of nitrogens with one attached hydrogen (secondary N) is 3. The number of aromatic nitrogens is 1. The van der Waals surface area contributed by atoms with Crippen molar-refractivity contribution in [2.45, 2.75) is 54.9 Å². The number of thiazole rings is 1. The highest BCUT2D eigenvalue weighted by Crippen LogP contribution is 2.26. The monoisotopic (exact) mass is 402 g/mol. The molecule has 1 aromatic carbocycles. The van der Waals surface area contributed by atoms with Crippen LogP contribution in [0.1, 0.15) is 59.2 Å². The average Bonchev–Trinajstić information content (AvgIpc) is 2.89. The summed E-state index contributed by atoms with van der Waals surface area (Å²) >= 11 is 1.17. The SMILES string of the molecule is Cc1cc(C)c(NC(=O)c2sc(NC(=O)NCCC(C)(C)C)nc2C)c(C)c1. The molecule has 6 nitrogen and oxygen atoms in total. The highest BCUT2D eigenvalue weighted by atomic mass is 32.1. The maximum absolute atomic E-state index is 12.7. The normalized spacial score (nSPS) is 11.2. The first kappa shape index (κ1) is 21.9. The fraction of sp³-hybridized carbons (Fsp3) is 0.476. The minimum atomic E-state index is -0.310. The Bertz CT molecular complexity index is 858. The Balaban J connectivity index is 2.03. The third-order valence-corrected chi connectivity index (χ3v) is 5.37. The smallest absolute Gasteiger partial charge is 0.321 e. The lowest BCUT2D eigenvalue weighted by Crippen LogP contribution is -2.31. The van der Waals surface area contributed by atoms with Gasteiger partial charge in [-0.25, -0.2) is 9.78 Å². The summed E-state index contributed by atoms with van der Waals surface area (Å²) < 4.78 is 0. The Morgan fingerprint density at radius 3 is 2.21 bits per heavy atom. The van der Waals surface area contributed by atoms with E-state index in [1.54, 1.807) is 6.92 Å². The molecule has 2 aromatic rings. The van der Waals surface area contributed by atoms with Gasteiger partial charge in [0.25, 0.3) is 5.91 Å². The summed E-state index contributed by atoms with van der Waals surface area (Å²) in [6.45, 7) is 14.7. The van der Waals surface area contributed by atoms with E-state index in [4.69, 9.17) is 0 Å². The van der Waals surface area contributed by atoms with Crippen LogP contribution >= 0.6 is 11.3 Å². The standard InChI is InChI=1S/C21H30N4O2S/c1-12-10-13(2)16(14(3)11-12)24-18(26)17-15(4)23-20(28-17)25-19(27)22-9-8-21(5,6)7/h10-11H,8-9H2,1-7H3,(H,24,26)(H2,22,23,25,27). The zero-order valence-electron chi connectivity index (χ0n) is 17.7. The van der Waals surface area contributed by atoms with Crippen LogP contribution in [0, 0.1) is 33.1 Å². The van der Waals surface area contributed by atoms with Crippen LogP contribution in [0.2, 0.25) is 0 Å². The molecule has 1 heterocycles. The third kappa shape index (κ3) is 6.05. The largest absolute Gasteiger partial charge is 0.338 e. The van der Waals surface area contributed by atoms with Gasteiger partial charge in [0.15, 0.2) is 5.13 Å². The average molecular weight is 403 g/mol. The van der Waals surface area contributed by atoms with Crippen molar-refractivity contribution in [2.75, 3.05) is 17.2 Å². The Morgan fingerprint density at radius 2 is 1.64 bits per heavy atom. The van der Waals surface area contributed by atoms with Crippen molar-refractivity contribution in [3.8, 4) is 0 Å². The van der Waals surface area contributed by atoms with Crippen LogP contribution in [0.3, 0.4) is 0 Å². The second-order valence-corrected chi connectivity index (χ2v) is 9.35. The summed E-state index contributed by atoms with van der Waals surface area (Å²) in [7, 11) is 0. The van der Waals surface area contributed by atoms with E-state index in [-0.39, 0.29) is 17.4 Å². The third-order valence-electron chi connectivity index (χ3n) is 4.30. The summed E-state index contributed by atoms with van der Waals surface area (Å²) in [5.74, 6) is -0.216. The molecule has 3 amide bonds. The predicted octanol–water partition coefficient (Wildman–Crippen LogP) is 5.19. The van der Waals surface area contributed by atoms with Crippen molar-refractivity contribution in [1.29, 1.82) is 0 Å². The first-order chi connectivity index (χ1) is 13.0. The fourth-order valence-corrected chi connectivity index (χ4v) is 3.76. The molecule has 0 radical (unpaired) electrons. The first-order valence-corrected chi connectivity index (χ1v) is 10.2. The molecule has 0 saturated carbocycles. The second kappa shape index (κ2) is 8.73. The summed E-state index contributed by atoms with van der Waals surface area (Å²) in [4.78, 5) is 29.6. The van der Waals surface area contributed by atoms with Gasteiger partial charge in [0, 0.05) is 12.2 Å². The molecule has 0 fully saturated rings. The van der Waals surface area contributed by atoms with Gasteiger partial charge in [-0.15, -0.1) is 0 Å². The zero-order chi connectivity index (χ0) is 21.1. The minimum Gasteiger partial charge on any atom is -0.338 e. The van der Waals surface area contributed by atoms with Crippen molar-refractivity contribution in [2.24, 2.45) is 5.41 Å². The molecule has 152 valence electrons. The van der Waals surface area contributed by atoms with Crippen molar-refractivity contribution >= 4 is 34.1 Å². The van der Waals surface area contributed by atoms with E-state index in [0.717, 1.165) is 28.8 Å². The number of hydrogen-bond donors (Lipinski definition) is 3. The predicted molar refractivity (Wildman–Crippen MR) is 117 cm³/mol. The van der Waals surface area contributed by atoms with E-state index in [2.05, 4.69) is 41.7 Å². The lowest BCUT2D eigenvalue weighted by atomic mass is 9.92. The number of anilines is 2. The van der Waals surface area contributed by atoms with E-state index in [1.807, 2.05) is 32.9 Å². The van der Waals surface area contributed by atoms with Crippen LogP contribution in [-0.2, 0) is 0 Å². The first-order valence-electron chi connectivity index (χ1n) is 9.38.